The molecular formula is C10H13N3O2S. The van der Waals surface area contributed by atoms with E-state index in [0.717, 1.165) is 0 Å². The molecule has 0 spiro atoms. The summed E-state index contributed by atoms with van der Waals surface area (Å²) in [5.41, 5.74) is 0.207. The van der Waals surface area contributed by atoms with Crippen LogP contribution in [0.2, 0.25) is 0 Å². The highest BCUT2D eigenvalue weighted by molar-refractivity contribution is 7.89. The Hall–Kier alpha value is -1.45. The van der Waals surface area contributed by atoms with Crippen LogP contribution in [0.15, 0.2) is 23.2 Å². The van der Waals surface area contributed by atoms with E-state index in [1.165, 1.54) is 22.6 Å². The lowest BCUT2D eigenvalue weighted by atomic mass is 10.4. The average molecular weight is 239 g/mol. The van der Waals surface area contributed by atoms with E-state index in [1.54, 1.807) is 13.8 Å². The molecule has 0 aromatic carbocycles. The Morgan fingerprint density at radius 3 is 2.38 bits per heavy atom. The van der Waals surface area contributed by atoms with Crippen LogP contribution in [-0.4, -0.2) is 30.8 Å². The summed E-state index contributed by atoms with van der Waals surface area (Å²) in [6.07, 6.45) is 1.21. The van der Waals surface area contributed by atoms with Gasteiger partial charge in [0.2, 0.25) is 10.0 Å². The van der Waals surface area contributed by atoms with E-state index in [2.05, 4.69) is 4.98 Å². The van der Waals surface area contributed by atoms with Gasteiger partial charge in [0, 0.05) is 19.3 Å². The van der Waals surface area contributed by atoms with Gasteiger partial charge in [0.15, 0.2) is 0 Å². The molecule has 0 N–H and O–H groups in total. The number of pyridine rings is 1. The highest BCUT2D eigenvalue weighted by Crippen LogP contribution is 2.14. The van der Waals surface area contributed by atoms with Gasteiger partial charge in [0.05, 0.1) is 0 Å². The van der Waals surface area contributed by atoms with Crippen LogP contribution in [0.5, 0.6) is 0 Å². The maximum atomic E-state index is 12.0. The molecule has 0 radical (unpaired) electrons. The van der Waals surface area contributed by atoms with Gasteiger partial charge in [-0.1, -0.05) is 13.8 Å². The van der Waals surface area contributed by atoms with Crippen molar-refractivity contribution < 1.29 is 8.42 Å². The number of sulfonamides is 1. The highest BCUT2D eigenvalue weighted by atomic mass is 32.2. The van der Waals surface area contributed by atoms with Crippen LogP contribution in [-0.2, 0) is 10.0 Å². The number of hydrogen-bond donors (Lipinski definition) is 0. The maximum Gasteiger partial charge on any atom is 0.244 e. The van der Waals surface area contributed by atoms with Crippen molar-refractivity contribution >= 4 is 10.0 Å². The normalized spacial score (nSPS) is 11.4. The second kappa shape index (κ2) is 5.05. The molecule has 1 aromatic rings. The Bertz CT molecular complexity index is 484. The van der Waals surface area contributed by atoms with Crippen LogP contribution in [0.3, 0.4) is 0 Å². The maximum absolute atomic E-state index is 12.0. The lowest BCUT2D eigenvalue weighted by molar-refractivity contribution is 0.445. The Balaban J connectivity index is 3.13. The summed E-state index contributed by atoms with van der Waals surface area (Å²) < 4.78 is 25.3. The smallest absolute Gasteiger partial charge is 0.244 e. The zero-order valence-electron chi connectivity index (χ0n) is 9.21. The van der Waals surface area contributed by atoms with Crippen molar-refractivity contribution in [1.82, 2.24) is 9.29 Å². The van der Waals surface area contributed by atoms with E-state index >= 15 is 0 Å². The third-order valence-electron chi connectivity index (χ3n) is 2.19. The van der Waals surface area contributed by atoms with Gasteiger partial charge in [-0.15, -0.1) is 0 Å². The fourth-order valence-electron chi connectivity index (χ4n) is 1.31. The number of nitrogens with zero attached hydrogens (tertiary/aromatic N) is 3. The molecule has 5 nitrogen and oxygen atoms in total. The molecule has 0 aliphatic heterocycles. The van der Waals surface area contributed by atoms with Gasteiger partial charge >= 0.3 is 0 Å². The Labute approximate surface area is 95.4 Å². The molecule has 0 saturated heterocycles. The monoisotopic (exact) mass is 239 g/mol. The predicted molar refractivity (Wildman–Crippen MR) is 59.1 cm³/mol. The van der Waals surface area contributed by atoms with E-state index in [1.807, 2.05) is 6.07 Å². The summed E-state index contributed by atoms with van der Waals surface area (Å²) in [6.45, 7) is 4.38. The topological polar surface area (TPSA) is 74.1 Å². The average Bonchev–Trinajstić information content (AvgIpc) is 2.30. The van der Waals surface area contributed by atoms with Crippen LogP contribution in [0.1, 0.15) is 19.5 Å². The summed E-state index contributed by atoms with van der Waals surface area (Å²) in [5, 5.41) is 8.56. The Morgan fingerprint density at radius 1 is 1.38 bits per heavy atom. The summed E-state index contributed by atoms with van der Waals surface area (Å²) in [4.78, 5) is 3.87. The van der Waals surface area contributed by atoms with Gasteiger partial charge < -0.3 is 0 Å². The molecule has 0 amide bonds. The zero-order chi connectivity index (χ0) is 12.2. The molecule has 0 aliphatic carbocycles. The van der Waals surface area contributed by atoms with Crippen molar-refractivity contribution in [3.63, 3.8) is 0 Å². The van der Waals surface area contributed by atoms with Crippen molar-refractivity contribution in [3.8, 4) is 6.07 Å². The Kier molecular flexibility index (Phi) is 3.99. The molecule has 86 valence electrons. The van der Waals surface area contributed by atoms with Crippen LogP contribution in [0.25, 0.3) is 0 Å². The van der Waals surface area contributed by atoms with E-state index in [9.17, 15) is 8.42 Å². The molecule has 0 aliphatic rings. The van der Waals surface area contributed by atoms with Gasteiger partial charge in [-0.3, -0.25) is 0 Å². The fraction of sp³-hybridized carbons (Fsp3) is 0.400. The molecule has 0 unspecified atom stereocenters. The first-order chi connectivity index (χ1) is 7.56. The third kappa shape index (κ3) is 2.38. The molecule has 6 heteroatoms. The SMILES string of the molecule is CCN(CC)S(=O)(=O)c1ccc(C#N)nc1. The zero-order valence-corrected chi connectivity index (χ0v) is 10.0. The van der Waals surface area contributed by atoms with Crippen molar-refractivity contribution in [1.29, 1.82) is 5.26 Å². The summed E-state index contributed by atoms with van der Waals surface area (Å²) in [6, 6.07) is 4.64. The molecule has 0 bridgehead atoms. The minimum atomic E-state index is -3.46. The van der Waals surface area contributed by atoms with E-state index < -0.39 is 10.0 Å². The van der Waals surface area contributed by atoms with Crippen molar-refractivity contribution in [2.75, 3.05) is 13.1 Å². The third-order valence-corrected chi connectivity index (χ3v) is 4.23. The molecule has 0 fully saturated rings. The minimum absolute atomic E-state index is 0.121. The molecule has 1 rings (SSSR count). The number of nitriles is 1. The van der Waals surface area contributed by atoms with Crippen LogP contribution >= 0.6 is 0 Å². The fourth-order valence-corrected chi connectivity index (χ4v) is 2.72. The summed E-state index contributed by atoms with van der Waals surface area (Å²) in [5.74, 6) is 0. The lowest BCUT2D eigenvalue weighted by Gasteiger charge is -2.17. The van der Waals surface area contributed by atoms with Gasteiger partial charge in [-0.05, 0) is 12.1 Å². The molecular weight excluding hydrogens is 226 g/mol. The first-order valence-electron chi connectivity index (χ1n) is 4.92. The summed E-state index contributed by atoms with van der Waals surface area (Å²) >= 11 is 0. The van der Waals surface area contributed by atoms with Crippen LogP contribution < -0.4 is 0 Å². The van der Waals surface area contributed by atoms with Gasteiger partial charge in [0.1, 0.15) is 16.7 Å². The number of rotatable bonds is 4. The standard InChI is InChI=1S/C10H13N3O2S/c1-3-13(4-2)16(14,15)10-6-5-9(7-11)12-8-10/h5-6,8H,3-4H2,1-2H3. The number of aromatic nitrogens is 1. The van der Waals surface area contributed by atoms with Crippen molar-refractivity contribution in [2.45, 2.75) is 18.7 Å². The van der Waals surface area contributed by atoms with Gasteiger partial charge in [0.25, 0.3) is 0 Å². The van der Waals surface area contributed by atoms with Crippen LogP contribution in [0.4, 0.5) is 0 Å². The van der Waals surface area contributed by atoms with Crippen LogP contribution in [0, 0.1) is 11.3 Å². The Morgan fingerprint density at radius 2 is 2.00 bits per heavy atom. The van der Waals surface area contributed by atoms with E-state index in [0.29, 0.717) is 13.1 Å². The molecule has 0 atom stereocenters. The molecule has 0 saturated carbocycles. The summed E-state index contributed by atoms with van der Waals surface area (Å²) in [7, 11) is -3.46. The van der Waals surface area contributed by atoms with Crippen molar-refractivity contribution in [3.05, 3.63) is 24.0 Å². The minimum Gasteiger partial charge on any atom is -0.244 e. The van der Waals surface area contributed by atoms with Crippen molar-refractivity contribution in [2.24, 2.45) is 0 Å². The largest absolute Gasteiger partial charge is 0.244 e. The molecule has 1 heterocycles. The van der Waals surface area contributed by atoms with E-state index in [4.69, 9.17) is 5.26 Å². The van der Waals surface area contributed by atoms with Gasteiger partial charge in [-0.25, -0.2) is 13.4 Å². The second-order valence-corrected chi connectivity index (χ2v) is 5.02. The quantitative estimate of drug-likeness (QED) is 0.785. The van der Waals surface area contributed by atoms with E-state index in [-0.39, 0.29) is 10.6 Å². The second-order valence-electron chi connectivity index (χ2n) is 3.08. The highest BCUT2D eigenvalue weighted by Gasteiger charge is 2.21. The lowest BCUT2D eigenvalue weighted by Crippen LogP contribution is -2.30. The predicted octanol–water partition coefficient (Wildman–Crippen LogP) is 0.984. The first-order valence-corrected chi connectivity index (χ1v) is 6.36. The number of hydrogen-bond acceptors (Lipinski definition) is 4. The first kappa shape index (κ1) is 12.6. The molecule has 16 heavy (non-hydrogen) atoms. The van der Waals surface area contributed by atoms with Gasteiger partial charge in [-0.2, -0.15) is 9.57 Å². The molecule has 1 aromatic heterocycles.